The summed E-state index contributed by atoms with van der Waals surface area (Å²) in [6, 6.07) is 4.04. The third-order valence-corrected chi connectivity index (χ3v) is 6.33. The number of hydrogen-bond donors (Lipinski definition) is 1. The predicted octanol–water partition coefficient (Wildman–Crippen LogP) is 2.91. The fraction of sp³-hybridized carbons (Fsp3) is 0.667. The molecule has 1 fully saturated rings. The first-order chi connectivity index (χ1) is 7.79. The largest absolute Gasteiger partial charge is 0.327 e. The van der Waals surface area contributed by atoms with Crippen LogP contribution in [0.1, 0.15) is 38.5 Å². The summed E-state index contributed by atoms with van der Waals surface area (Å²) in [6.07, 6.45) is 6.97. The second-order valence-corrected chi connectivity index (χ2v) is 7.27. The summed E-state index contributed by atoms with van der Waals surface area (Å²) in [5.74, 6) is 0. The molecule has 2 nitrogen and oxygen atoms in total. The lowest BCUT2D eigenvalue weighted by Crippen LogP contribution is -2.38. The van der Waals surface area contributed by atoms with E-state index in [-0.39, 0.29) is 11.3 Å². The van der Waals surface area contributed by atoms with Crippen LogP contribution in [0.4, 0.5) is 0 Å². The van der Waals surface area contributed by atoms with Crippen LogP contribution in [0.5, 0.6) is 0 Å². The molecule has 1 heterocycles. The van der Waals surface area contributed by atoms with Gasteiger partial charge in [-0.1, -0.05) is 31.7 Å². The molecule has 1 saturated carbocycles. The molecule has 0 spiro atoms. The quantitative estimate of drug-likeness (QED) is 0.885. The molecule has 0 aromatic carbocycles. The predicted molar refractivity (Wildman–Crippen MR) is 70.2 cm³/mol. The number of rotatable bonds is 2. The van der Waals surface area contributed by atoms with E-state index in [1.807, 2.05) is 17.5 Å². The van der Waals surface area contributed by atoms with E-state index in [2.05, 4.69) is 0 Å². The van der Waals surface area contributed by atoms with Gasteiger partial charge < -0.3 is 5.73 Å². The normalized spacial score (nSPS) is 29.3. The van der Waals surface area contributed by atoms with Gasteiger partial charge in [0, 0.05) is 6.04 Å². The van der Waals surface area contributed by atoms with Crippen molar-refractivity contribution in [1.82, 2.24) is 0 Å². The van der Waals surface area contributed by atoms with E-state index in [4.69, 9.17) is 5.73 Å². The molecule has 90 valence electrons. The Kier molecular flexibility index (Phi) is 4.55. The first kappa shape index (κ1) is 12.3. The highest BCUT2D eigenvalue weighted by Gasteiger charge is 2.26. The molecule has 3 unspecified atom stereocenters. The van der Waals surface area contributed by atoms with Crippen molar-refractivity contribution >= 4 is 22.1 Å². The molecule has 0 saturated heterocycles. The summed E-state index contributed by atoms with van der Waals surface area (Å²) in [7, 11) is -0.894. The Morgan fingerprint density at radius 2 is 2.00 bits per heavy atom. The van der Waals surface area contributed by atoms with Crippen LogP contribution in [0.3, 0.4) is 0 Å². The van der Waals surface area contributed by atoms with Gasteiger partial charge >= 0.3 is 0 Å². The van der Waals surface area contributed by atoms with Gasteiger partial charge in [0.1, 0.15) is 0 Å². The van der Waals surface area contributed by atoms with Gasteiger partial charge in [0.15, 0.2) is 0 Å². The first-order valence-electron chi connectivity index (χ1n) is 5.98. The van der Waals surface area contributed by atoms with Gasteiger partial charge in [-0.3, -0.25) is 4.21 Å². The van der Waals surface area contributed by atoms with E-state index in [0.29, 0.717) is 0 Å². The summed E-state index contributed by atoms with van der Waals surface area (Å²) in [6.45, 7) is 0. The van der Waals surface area contributed by atoms with Crippen LogP contribution < -0.4 is 5.73 Å². The van der Waals surface area contributed by atoms with Crippen molar-refractivity contribution in [3.63, 3.8) is 0 Å². The third-order valence-electron chi connectivity index (χ3n) is 3.22. The van der Waals surface area contributed by atoms with Crippen molar-refractivity contribution in [2.45, 2.75) is 54.0 Å². The second kappa shape index (κ2) is 5.94. The zero-order chi connectivity index (χ0) is 11.4. The fourth-order valence-electron chi connectivity index (χ4n) is 2.27. The third kappa shape index (κ3) is 2.93. The lowest BCUT2D eigenvalue weighted by atomic mass is 9.97. The lowest BCUT2D eigenvalue weighted by molar-refractivity contribution is 0.456. The molecule has 0 aliphatic heterocycles. The highest BCUT2D eigenvalue weighted by Crippen LogP contribution is 2.26. The average molecular weight is 257 g/mol. The van der Waals surface area contributed by atoms with Crippen LogP contribution in [0.2, 0.25) is 0 Å². The minimum Gasteiger partial charge on any atom is -0.327 e. The maximum Gasteiger partial charge on any atom is 0.0914 e. The summed E-state index contributed by atoms with van der Waals surface area (Å²) >= 11 is 1.58. The van der Waals surface area contributed by atoms with Gasteiger partial charge in [-0.25, -0.2) is 0 Å². The Morgan fingerprint density at radius 1 is 1.25 bits per heavy atom. The Morgan fingerprint density at radius 3 is 2.69 bits per heavy atom. The Labute approximate surface area is 104 Å². The first-order valence-corrected chi connectivity index (χ1v) is 8.08. The summed E-state index contributed by atoms with van der Waals surface area (Å²) in [5.41, 5.74) is 6.17. The molecule has 3 atom stereocenters. The van der Waals surface area contributed by atoms with E-state index in [9.17, 15) is 4.21 Å². The molecule has 0 bridgehead atoms. The van der Waals surface area contributed by atoms with Crippen molar-refractivity contribution in [2.24, 2.45) is 5.73 Å². The van der Waals surface area contributed by atoms with Gasteiger partial charge in [-0.05, 0) is 24.3 Å². The van der Waals surface area contributed by atoms with Crippen molar-refractivity contribution in [2.75, 3.05) is 0 Å². The molecular formula is C12H19NOS2. The molecule has 2 rings (SSSR count). The molecule has 1 aliphatic rings. The van der Waals surface area contributed by atoms with E-state index in [1.54, 1.807) is 11.3 Å². The van der Waals surface area contributed by atoms with Gasteiger partial charge in [-0.2, -0.15) is 0 Å². The summed E-state index contributed by atoms with van der Waals surface area (Å²) in [5, 5.41) is 2.15. The highest BCUT2D eigenvalue weighted by atomic mass is 32.2. The van der Waals surface area contributed by atoms with Gasteiger partial charge in [0.25, 0.3) is 0 Å². The van der Waals surface area contributed by atoms with Crippen LogP contribution in [0.15, 0.2) is 21.7 Å². The SMILES string of the molecule is NC1CCCCCCC1S(=O)c1cccs1. The van der Waals surface area contributed by atoms with Crippen LogP contribution in [0.25, 0.3) is 0 Å². The van der Waals surface area contributed by atoms with E-state index < -0.39 is 10.8 Å². The van der Waals surface area contributed by atoms with E-state index in [1.165, 1.54) is 25.7 Å². The molecule has 1 aromatic heterocycles. The summed E-state index contributed by atoms with van der Waals surface area (Å²) < 4.78 is 13.4. The molecule has 16 heavy (non-hydrogen) atoms. The number of hydrogen-bond acceptors (Lipinski definition) is 3. The van der Waals surface area contributed by atoms with E-state index in [0.717, 1.165) is 17.1 Å². The second-order valence-electron chi connectivity index (χ2n) is 4.42. The smallest absolute Gasteiger partial charge is 0.0914 e. The van der Waals surface area contributed by atoms with Gasteiger partial charge in [0.05, 0.1) is 20.3 Å². The van der Waals surface area contributed by atoms with Crippen LogP contribution in [-0.2, 0) is 10.8 Å². The van der Waals surface area contributed by atoms with Gasteiger partial charge in [0.2, 0.25) is 0 Å². The zero-order valence-corrected chi connectivity index (χ0v) is 11.1. The van der Waals surface area contributed by atoms with Crippen LogP contribution in [-0.4, -0.2) is 15.5 Å². The maximum atomic E-state index is 12.4. The number of nitrogens with two attached hydrogens (primary N) is 1. The molecule has 1 aromatic rings. The molecule has 1 aliphatic carbocycles. The topological polar surface area (TPSA) is 43.1 Å². The van der Waals surface area contributed by atoms with Crippen molar-refractivity contribution in [1.29, 1.82) is 0 Å². The van der Waals surface area contributed by atoms with Crippen LogP contribution >= 0.6 is 11.3 Å². The van der Waals surface area contributed by atoms with Crippen molar-refractivity contribution in [3.8, 4) is 0 Å². The zero-order valence-electron chi connectivity index (χ0n) is 9.43. The molecule has 4 heteroatoms. The Bertz CT molecular complexity index is 337. The lowest BCUT2D eigenvalue weighted by Gasteiger charge is -2.25. The molecule has 0 amide bonds. The highest BCUT2D eigenvalue weighted by molar-refractivity contribution is 7.88. The van der Waals surface area contributed by atoms with E-state index >= 15 is 0 Å². The Balaban J connectivity index is 2.07. The number of thiophene rings is 1. The maximum absolute atomic E-state index is 12.4. The van der Waals surface area contributed by atoms with Crippen LogP contribution in [0, 0.1) is 0 Å². The standard InChI is InChI=1S/C12H19NOS2/c13-10-6-3-1-2-4-7-11(10)16(14)12-8-5-9-15-12/h5,8-11H,1-4,6-7,13H2. The average Bonchev–Trinajstić information content (AvgIpc) is 2.76. The minimum atomic E-state index is -0.894. The molecule has 0 radical (unpaired) electrons. The van der Waals surface area contributed by atoms with Crippen molar-refractivity contribution < 1.29 is 4.21 Å². The minimum absolute atomic E-state index is 0.114. The summed E-state index contributed by atoms with van der Waals surface area (Å²) in [4.78, 5) is 0. The van der Waals surface area contributed by atoms with Gasteiger partial charge in [-0.15, -0.1) is 11.3 Å². The Hall–Kier alpha value is -0.190. The fourth-order valence-corrected chi connectivity index (χ4v) is 4.98. The monoisotopic (exact) mass is 257 g/mol. The van der Waals surface area contributed by atoms with Crippen molar-refractivity contribution in [3.05, 3.63) is 17.5 Å². The molecular weight excluding hydrogens is 238 g/mol. The molecule has 2 N–H and O–H groups in total.